The third-order valence-corrected chi connectivity index (χ3v) is 3.28. The fraction of sp³-hybridized carbons (Fsp3) is 0.235. The monoisotopic (exact) mass is 321 g/mol. The normalized spacial score (nSPS) is 10.5. The summed E-state index contributed by atoms with van der Waals surface area (Å²) in [4.78, 5) is 11.7. The first kappa shape index (κ1) is 16.5. The Morgan fingerprint density at radius 1 is 1.18 bits per heavy atom. The average molecular weight is 322 g/mol. The average Bonchev–Trinajstić information content (AvgIpc) is 2.51. The maximum Gasteiger partial charge on any atom is 0.224 e. The molecule has 0 bridgehead atoms. The summed E-state index contributed by atoms with van der Waals surface area (Å²) in [6, 6.07) is 14.1. The minimum atomic E-state index is -0.469. The van der Waals surface area contributed by atoms with E-state index in [9.17, 15) is 9.18 Å². The molecule has 5 heteroatoms. The van der Waals surface area contributed by atoms with Gasteiger partial charge in [-0.1, -0.05) is 48.0 Å². The zero-order valence-corrected chi connectivity index (χ0v) is 12.8. The lowest BCUT2D eigenvalue weighted by molar-refractivity contribution is -0.120. The summed E-state index contributed by atoms with van der Waals surface area (Å²) in [5.41, 5.74) is 1.41. The number of ether oxygens (including phenoxy) is 1. The molecule has 1 amide bonds. The summed E-state index contributed by atoms with van der Waals surface area (Å²) in [5.74, 6) is -0.715. The van der Waals surface area contributed by atoms with Crippen molar-refractivity contribution in [2.45, 2.75) is 13.0 Å². The van der Waals surface area contributed by atoms with Gasteiger partial charge in [0.1, 0.15) is 5.82 Å². The molecule has 0 aliphatic carbocycles. The molecule has 0 aliphatic heterocycles. The molecule has 0 saturated heterocycles. The van der Waals surface area contributed by atoms with Crippen LogP contribution in [0.5, 0.6) is 0 Å². The molecular weight excluding hydrogens is 305 g/mol. The van der Waals surface area contributed by atoms with Crippen molar-refractivity contribution in [1.29, 1.82) is 0 Å². The molecule has 2 aromatic rings. The predicted molar refractivity (Wildman–Crippen MR) is 84.2 cm³/mol. The molecule has 0 fully saturated rings. The van der Waals surface area contributed by atoms with E-state index in [-0.39, 0.29) is 12.3 Å². The Morgan fingerprint density at radius 3 is 2.68 bits per heavy atom. The van der Waals surface area contributed by atoms with E-state index in [2.05, 4.69) is 5.32 Å². The number of hydrogen-bond donors (Lipinski definition) is 1. The van der Waals surface area contributed by atoms with Crippen molar-refractivity contribution in [3.05, 3.63) is 70.5 Å². The molecule has 0 unspecified atom stereocenters. The summed E-state index contributed by atoms with van der Waals surface area (Å²) >= 11 is 5.67. The van der Waals surface area contributed by atoms with Crippen LogP contribution in [0.4, 0.5) is 4.39 Å². The van der Waals surface area contributed by atoms with Crippen LogP contribution in [0.2, 0.25) is 5.02 Å². The van der Waals surface area contributed by atoms with Gasteiger partial charge in [-0.2, -0.15) is 0 Å². The number of rotatable bonds is 7. The van der Waals surface area contributed by atoms with Crippen LogP contribution in [-0.2, 0) is 22.6 Å². The van der Waals surface area contributed by atoms with Crippen LogP contribution in [0.25, 0.3) is 0 Å². The van der Waals surface area contributed by atoms with E-state index in [1.165, 1.54) is 12.1 Å². The Labute approximate surface area is 134 Å². The smallest absolute Gasteiger partial charge is 0.224 e. The zero-order valence-electron chi connectivity index (χ0n) is 12.0. The summed E-state index contributed by atoms with van der Waals surface area (Å²) in [6.07, 6.45) is -0.0122. The van der Waals surface area contributed by atoms with Gasteiger partial charge in [-0.15, -0.1) is 0 Å². The van der Waals surface area contributed by atoms with Gasteiger partial charge in [0, 0.05) is 11.6 Å². The van der Waals surface area contributed by atoms with E-state index in [0.717, 1.165) is 5.56 Å². The van der Waals surface area contributed by atoms with E-state index < -0.39 is 5.82 Å². The van der Waals surface area contributed by atoms with Crippen molar-refractivity contribution in [2.24, 2.45) is 0 Å². The number of hydrogen-bond acceptors (Lipinski definition) is 2. The van der Waals surface area contributed by atoms with E-state index in [1.54, 1.807) is 6.07 Å². The van der Waals surface area contributed by atoms with Crippen molar-refractivity contribution in [3.63, 3.8) is 0 Å². The van der Waals surface area contributed by atoms with Crippen molar-refractivity contribution >= 4 is 17.5 Å². The molecule has 116 valence electrons. The van der Waals surface area contributed by atoms with Crippen LogP contribution < -0.4 is 5.32 Å². The van der Waals surface area contributed by atoms with E-state index in [1.807, 2.05) is 30.3 Å². The fourth-order valence-corrected chi connectivity index (χ4v) is 2.09. The van der Waals surface area contributed by atoms with Gasteiger partial charge < -0.3 is 10.1 Å². The van der Waals surface area contributed by atoms with Crippen molar-refractivity contribution in [3.8, 4) is 0 Å². The number of carbonyl (C=O) groups excluding carboxylic acids is 1. The maximum atomic E-state index is 13.6. The molecule has 0 saturated carbocycles. The molecule has 0 aliphatic rings. The highest BCUT2D eigenvalue weighted by atomic mass is 35.5. The number of halogens is 2. The molecule has 0 aromatic heterocycles. The molecule has 3 nitrogen and oxygen atoms in total. The van der Waals surface area contributed by atoms with Gasteiger partial charge in [-0.05, 0) is 23.3 Å². The zero-order chi connectivity index (χ0) is 15.8. The van der Waals surface area contributed by atoms with Crippen LogP contribution in [0.15, 0.2) is 48.5 Å². The Kier molecular flexibility index (Phi) is 6.37. The third kappa shape index (κ3) is 5.47. The molecule has 2 aromatic carbocycles. The molecule has 22 heavy (non-hydrogen) atoms. The standard InChI is InChI=1S/C17H17ClFNO2/c18-15-7-6-14(16(19)11-15)10-17(21)20-8-9-22-12-13-4-2-1-3-5-13/h1-7,11H,8-10,12H2,(H,20,21). The molecule has 0 spiro atoms. The third-order valence-electron chi connectivity index (χ3n) is 3.05. The topological polar surface area (TPSA) is 38.3 Å². The highest BCUT2D eigenvalue weighted by Crippen LogP contribution is 2.14. The van der Waals surface area contributed by atoms with E-state index in [0.29, 0.717) is 30.3 Å². The Morgan fingerprint density at radius 2 is 1.95 bits per heavy atom. The second-order valence-corrected chi connectivity index (χ2v) is 5.24. The van der Waals surface area contributed by atoms with Crippen LogP contribution in [0.1, 0.15) is 11.1 Å². The SMILES string of the molecule is O=C(Cc1ccc(Cl)cc1F)NCCOCc1ccccc1. The largest absolute Gasteiger partial charge is 0.375 e. The number of benzene rings is 2. The number of nitrogens with one attached hydrogen (secondary N) is 1. The Balaban J connectivity index is 1.65. The van der Waals surface area contributed by atoms with Gasteiger partial charge in [0.2, 0.25) is 5.91 Å². The summed E-state index contributed by atoms with van der Waals surface area (Å²) in [6.45, 7) is 1.30. The van der Waals surface area contributed by atoms with Gasteiger partial charge in [0.05, 0.1) is 19.6 Å². The summed E-state index contributed by atoms with van der Waals surface area (Å²) < 4.78 is 19.0. The minimum Gasteiger partial charge on any atom is -0.375 e. The van der Waals surface area contributed by atoms with Crippen molar-refractivity contribution in [2.75, 3.05) is 13.2 Å². The van der Waals surface area contributed by atoms with Crippen LogP contribution >= 0.6 is 11.6 Å². The van der Waals surface area contributed by atoms with Gasteiger partial charge in [-0.3, -0.25) is 4.79 Å². The molecule has 0 atom stereocenters. The lowest BCUT2D eigenvalue weighted by Gasteiger charge is -2.07. The molecule has 0 heterocycles. The first-order valence-corrected chi connectivity index (χ1v) is 7.35. The van der Waals surface area contributed by atoms with Crippen molar-refractivity contribution in [1.82, 2.24) is 5.32 Å². The molecule has 1 N–H and O–H groups in total. The summed E-state index contributed by atoms with van der Waals surface area (Å²) in [5, 5.41) is 3.01. The lowest BCUT2D eigenvalue weighted by Crippen LogP contribution is -2.28. The molecular formula is C17H17ClFNO2. The highest BCUT2D eigenvalue weighted by Gasteiger charge is 2.08. The minimum absolute atomic E-state index is 0.0122. The van der Waals surface area contributed by atoms with Crippen LogP contribution in [0.3, 0.4) is 0 Å². The number of carbonyl (C=O) groups is 1. The lowest BCUT2D eigenvalue weighted by atomic mass is 10.1. The first-order chi connectivity index (χ1) is 10.6. The van der Waals surface area contributed by atoms with E-state index in [4.69, 9.17) is 16.3 Å². The molecule has 0 radical (unpaired) electrons. The molecule has 2 rings (SSSR count). The summed E-state index contributed by atoms with van der Waals surface area (Å²) in [7, 11) is 0. The van der Waals surface area contributed by atoms with Crippen molar-refractivity contribution < 1.29 is 13.9 Å². The second kappa shape index (κ2) is 8.51. The van der Waals surface area contributed by atoms with E-state index >= 15 is 0 Å². The number of amides is 1. The maximum absolute atomic E-state index is 13.6. The fourth-order valence-electron chi connectivity index (χ4n) is 1.93. The van der Waals surface area contributed by atoms with Gasteiger partial charge in [-0.25, -0.2) is 4.39 Å². The van der Waals surface area contributed by atoms with Gasteiger partial charge in [0.25, 0.3) is 0 Å². The second-order valence-electron chi connectivity index (χ2n) is 4.80. The Bertz CT molecular complexity index is 619. The Hall–Kier alpha value is -1.91. The predicted octanol–water partition coefficient (Wildman–Crippen LogP) is 3.35. The van der Waals surface area contributed by atoms with Gasteiger partial charge in [0.15, 0.2) is 0 Å². The van der Waals surface area contributed by atoms with Crippen LogP contribution in [0, 0.1) is 5.82 Å². The first-order valence-electron chi connectivity index (χ1n) is 6.97. The van der Waals surface area contributed by atoms with Gasteiger partial charge >= 0.3 is 0 Å². The van der Waals surface area contributed by atoms with Crippen LogP contribution in [-0.4, -0.2) is 19.1 Å². The quantitative estimate of drug-likeness (QED) is 0.794. The highest BCUT2D eigenvalue weighted by molar-refractivity contribution is 6.30.